The fourth-order valence-corrected chi connectivity index (χ4v) is 3.54. The molecule has 5 nitrogen and oxygen atoms in total. The van der Waals surface area contributed by atoms with E-state index < -0.39 is 6.10 Å². The van der Waals surface area contributed by atoms with Crippen LogP contribution in [0.5, 0.6) is 17.2 Å². The van der Waals surface area contributed by atoms with Crippen molar-refractivity contribution in [1.29, 1.82) is 0 Å². The van der Waals surface area contributed by atoms with E-state index in [4.69, 9.17) is 25.8 Å². The Labute approximate surface area is 165 Å². The molecule has 1 saturated carbocycles. The Kier molecular flexibility index (Phi) is 6.83. The van der Waals surface area contributed by atoms with Crippen molar-refractivity contribution >= 4 is 11.6 Å². The summed E-state index contributed by atoms with van der Waals surface area (Å²) in [6.45, 7) is 0.600. The zero-order valence-electron chi connectivity index (χ0n) is 15.7. The van der Waals surface area contributed by atoms with Crippen LogP contribution in [0.25, 0.3) is 0 Å². The minimum absolute atomic E-state index is 0.0390. The van der Waals surface area contributed by atoms with Gasteiger partial charge in [0.15, 0.2) is 0 Å². The summed E-state index contributed by atoms with van der Waals surface area (Å²) >= 11 is 5.92. The quantitative estimate of drug-likeness (QED) is 0.751. The Morgan fingerprint density at radius 1 is 1.04 bits per heavy atom. The van der Waals surface area contributed by atoms with Crippen LogP contribution in [0.15, 0.2) is 42.5 Å². The standard InChI is InChI=1S/C21H26ClNO4/c1-25-17-9-6-14(20(12-17)26-2)13-23-18-4-3-5-19(21(18)24)27-16-10-7-15(22)8-11-16/h6-12,18-19,21,23-24H,3-5,13H2,1-2H3/t18-,19+,21+/m0/s1. The fraction of sp³-hybridized carbons (Fsp3) is 0.429. The van der Waals surface area contributed by atoms with Crippen LogP contribution in [-0.2, 0) is 6.54 Å². The largest absolute Gasteiger partial charge is 0.497 e. The summed E-state index contributed by atoms with van der Waals surface area (Å²) in [5.74, 6) is 2.24. The third-order valence-electron chi connectivity index (χ3n) is 4.95. The predicted molar refractivity (Wildman–Crippen MR) is 106 cm³/mol. The summed E-state index contributed by atoms with van der Waals surface area (Å²) in [7, 11) is 3.27. The van der Waals surface area contributed by atoms with Crippen LogP contribution >= 0.6 is 11.6 Å². The molecular formula is C21H26ClNO4. The minimum atomic E-state index is -0.585. The van der Waals surface area contributed by atoms with Gasteiger partial charge in [0.25, 0.3) is 0 Å². The minimum Gasteiger partial charge on any atom is -0.497 e. The van der Waals surface area contributed by atoms with Gasteiger partial charge in [-0.05, 0) is 49.6 Å². The van der Waals surface area contributed by atoms with Crippen molar-refractivity contribution in [3.8, 4) is 17.2 Å². The first-order chi connectivity index (χ1) is 13.1. The van der Waals surface area contributed by atoms with Crippen molar-refractivity contribution < 1.29 is 19.3 Å². The van der Waals surface area contributed by atoms with Crippen molar-refractivity contribution in [2.24, 2.45) is 0 Å². The molecule has 146 valence electrons. The van der Waals surface area contributed by atoms with Crippen LogP contribution in [0.4, 0.5) is 0 Å². The van der Waals surface area contributed by atoms with E-state index in [0.29, 0.717) is 11.6 Å². The van der Waals surface area contributed by atoms with E-state index in [1.54, 1.807) is 26.4 Å². The molecule has 0 aliphatic heterocycles. The fourth-order valence-electron chi connectivity index (χ4n) is 3.42. The van der Waals surface area contributed by atoms with Crippen molar-refractivity contribution in [3.05, 3.63) is 53.1 Å². The topological polar surface area (TPSA) is 60.0 Å². The van der Waals surface area contributed by atoms with Crippen molar-refractivity contribution in [3.63, 3.8) is 0 Å². The van der Waals surface area contributed by atoms with Crippen LogP contribution < -0.4 is 19.5 Å². The monoisotopic (exact) mass is 391 g/mol. The van der Waals surface area contributed by atoms with Gasteiger partial charge in [-0.15, -0.1) is 0 Å². The molecule has 27 heavy (non-hydrogen) atoms. The number of hydrogen-bond donors (Lipinski definition) is 2. The van der Waals surface area contributed by atoms with Gasteiger partial charge >= 0.3 is 0 Å². The number of rotatable bonds is 7. The summed E-state index contributed by atoms with van der Waals surface area (Å²) in [6.07, 6.45) is 1.90. The molecule has 0 amide bonds. The lowest BCUT2D eigenvalue weighted by molar-refractivity contribution is -0.0157. The molecule has 3 atom stereocenters. The third kappa shape index (κ3) is 5.06. The van der Waals surface area contributed by atoms with Crippen LogP contribution in [0.3, 0.4) is 0 Å². The lowest BCUT2D eigenvalue weighted by Crippen LogP contribution is -2.50. The highest BCUT2D eigenvalue weighted by molar-refractivity contribution is 6.30. The molecule has 2 aromatic rings. The van der Waals surface area contributed by atoms with E-state index in [2.05, 4.69) is 5.32 Å². The molecule has 2 aromatic carbocycles. The number of halogens is 1. The number of hydrogen-bond acceptors (Lipinski definition) is 5. The SMILES string of the molecule is COc1ccc(CN[C@H]2CCC[C@@H](Oc3ccc(Cl)cc3)[C@@H]2O)c(OC)c1. The molecule has 0 spiro atoms. The molecule has 0 bridgehead atoms. The summed E-state index contributed by atoms with van der Waals surface area (Å²) in [5.41, 5.74) is 1.02. The maximum Gasteiger partial charge on any atom is 0.127 e. The van der Waals surface area contributed by atoms with E-state index in [1.165, 1.54) is 0 Å². The third-order valence-corrected chi connectivity index (χ3v) is 5.20. The summed E-state index contributed by atoms with van der Waals surface area (Å²) in [5, 5.41) is 14.9. The number of benzene rings is 2. The second kappa shape index (κ2) is 9.31. The van der Waals surface area contributed by atoms with E-state index in [1.807, 2.05) is 30.3 Å². The first-order valence-electron chi connectivity index (χ1n) is 9.15. The lowest BCUT2D eigenvalue weighted by Gasteiger charge is -2.35. The van der Waals surface area contributed by atoms with Gasteiger partial charge in [0.2, 0.25) is 0 Å². The normalized spacial score (nSPS) is 22.3. The highest BCUT2D eigenvalue weighted by atomic mass is 35.5. The van der Waals surface area contributed by atoms with Crippen LogP contribution in [0, 0.1) is 0 Å². The molecule has 6 heteroatoms. The summed E-state index contributed by atoms with van der Waals surface area (Å²) < 4.78 is 16.7. The Morgan fingerprint density at radius 3 is 2.48 bits per heavy atom. The van der Waals surface area contributed by atoms with Crippen LogP contribution in [-0.4, -0.2) is 37.6 Å². The zero-order chi connectivity index (χ0) is 19.2. The van der Waals surface area contributed by atoms with Gasteiger partial charge in [-0.25, -0.2) is 0 Å². The van der Waals surface area contributed by atoms with E-state index in [-0.39, 0.29) is 12.1 Å². The van der Waals surface area contributed by atoms with Crippen LogP contribution in [0.1, 0.15) is 24.8 Å². The molecule has 0 heterocycles. The Morgan fingerprint density at radius 2 is 1.78 bits per heavy atom. The van der Waals surface area contributed by atoms with Gasteiger partial charge in [0, 0.05) is 29.2 Å². The Balaban J connectivity index is 1.61. The molecule has 0 saturated heterocycles. The lowest BCUT2D eigenvalue weighted by atomic mass is 9.89. The van der Waals surface area contributed by atoms with E-state index >= 15 is 0 Å². The number of methoxy groups -OCH3 is 2. The second-order valence-corrected chi connectivity index (χ2v) is 7.13. The van der Waals surface area contributed by atoms with Crippen molar-refractivity contribution in [2.75, 3.05) is 14.2 Å². The number of aliphatic hydroxyl groups is 1. The van der Waals surface area contributed by atoms with E-state index in [0.717, 1.165) is 42.1 Å². The molecule has 0 radical (unpaired) electrons. The van der Waals surface area contributed by atoms with Crippen molar-refractivity contribution in [1.82, 2.24) is 5.32 Å². The van der Waals surface area contributed by atoms with Gasteiger partial charge in [0.05, 0.1) is 14.2 Å². The van der Waals surface area contributed by atoms with Gasteiger partial charge in [-0.3, -0.25) is 0 Å². The first kappa shape index (κ1) is 19.8. The zero-order valence-corrected chi connectivity index (χ0v) is 16.4. The maximum absolute atomic E-state index is 10.8. The molecule has 2 N–H and O–H groups in total. The summed E-state index contributed by atoms with van der Waals surface area (Å²) in [6, 6.07) is 12.9. The average Bonchev–Trinajstić information content (AvgIpc) is 2.70. The van der Waals surface area contributed by atoms with Crippen molar-refractivity contribution in [2.45, 2.75) is 44.1 Å². The second-order valence-electron chi connectivity index (χ2n) is 6.70. The average molecular weight is 392 g/mol. The molecule has 0 unspecified atom stereocenters. The molecule has 1 aliphatic carbocycles. The van der Waals surface area contributed by atoms with Gasteiger partial charge in [0.1, 0.15) is 29.5 Å². The highest BCUT2D eigenvalue weighted by Crippen LogP contribution is 2.27. The highest BCUT2D eigenvalue weighted by Gasteiger charge is 2.33. The summed E-state index contributed by atoms with van der Waals surface area (Å²) in [4.78, 5) is 0. The maximum atomic E-state index is 10.8. The first-order valence-corrected chi connectivity index (χ1v) is 9.53. The molecule has 0 aromatic heterocycles. The van der Waals surface area contributed by atoms with Crippen LogP contribution in [0.2, 0.25) is 5.02 Å². The molecule has 3 rings (SSSR count). The molecule has 1 aliphatic rings. The number of nitrogens with one attached hydrogen (secondary N) is 1. The van der Waals surface area contributed by atoms with Gasteiger partial charge in [-0.1, -0.05) is 17.7 Å². The Bertz CT molecular complexity index is 737. The number of aliphatic hydroxyl groups excluding tert-OH is 1. The van der Waals surface area contributed by atoms with Gasteiger partial charge < -0.3 is 24.6 Å². The number of ether oxygens (including phenoxy) is 3. The van der Waals surface area contributed by atoms with E-state index in [9.17, 15) is 5.11 Å². The smallest absolute Gasteiger partial charge is 0.127 e. The van der Waals surface area contributed by atoms with Gasteiger partial charge in [-0.2, -0.15) is 0 Å². The predicted octanol–water partition coefficient (Wildman–Crippen LogP) is 3.81. The molecule has 1 fully saturated rings. The molecular weight excluding hydrogens is 366 g/mol. The Hall–Kier alpha value is -1.95.